The molecule has 102 valence electrons. The summed E-state index contributed by atoms with van der Waals surface area (Å²) in [6.45, 7) is 3.07. The van der Waals surface area contributed by atoms with Crippen LogP contribution >= 0.6 is 15.9 Å². The molecule has 0 aromatic heterocycles. The molecule has 1 aliphatic heterocycles. The standard InChI is InChI=1S/C14H15BrO4/c1-8-12(15)9(14(2-3-14)7-11(16)17)6-10-13(8)19-5-4-18-10/h6H,2-5,7H2,1H3,(H,16,17). The van der Waals surface area contributed by atoms with Gasteiger partial charge in [0, 0.05) is 15.5 Å². The van der Waals surface area contributed by atoms with E-state index in [0.29, 0.717) is 13.2 Å². The molecule has 0 unspecified atom stereocenters. The Hall–Kier alpha value is -1.23. The molecule has 2 aliphatic rings. The molecular weight excluding hydrogens is 312 g/mol. The van der Waals surface area contributed by atoms with E-state index in [1.807, 2.05) is 13.0 Å². The van der Waals surface area contributed by atoms with Crippen LogP contribution in [-0.4, -0.2) is 24.3 Å². The fraction of sp³-hybridized carbons (Fsp3) is 0.500. The number of rotatable bonds is 3. The molecule has 3 rings (SSSR count). The number of halogens is 1. The van der Waals surface area contributed by atoms with E-state index >= 15 is 0 Å². The Morgan fingerprint density at radius 1 is 1.42 bits per heavy atom. The first-order valence-corrected chi connectivity index (χ1v) is 7.14. The molecular formula is C14H15BrO4. The molecule has 0 atom stereocenters. The molecule has 4 nitrogen and oxygen atoms in total. The van der Waals surface area contributed by atoms with Gasteiger partial charge in [0.1, 0.15) is 13.2 Å². The van der Waals surface area contributed by atoms with Gasteiger partial charge in [-0.3, -0.25) is 4.79 Å². The molecule has 1 N–H and O–H groups in total. The van der Waals surface area contributed by atoms with Gasteiger partial charge in [-0.15, -0.1) is 0 Å². The average Bonchev–Trinajstić information content (AvgIpc) is 3.13. The van der Waals surface area contributed by atoms with Crippen molar-refractivity contribution < 1.29 is 19.4 Å². The first kappa shape index (κ1) is 12.8. The average molecular weight is 327 g/mol. The first-order chi connectivity index (χ1) is 9.03. The van der Waals surface area contributed by atoms with Gasteiger partial charge in [0.15, 0.2) is 11.5 Å². The molecule has 0 spiro atoms. The van der Waals surface area contributed by atoms with Crippen molar-refractivity contribution in [2.24, 2.45) is 0 Å². The van der Waals surface area contributed by atoms with Gasteiger partial charge in [-0.05, 0) is 31.4 Å². The zero-order valence-corrected chi connectivity index (χ0v) is 12.2. The third-order valence-corrected chi connectivity index (χ3v) is 4.93. The summed E-state index contributed by atoms with van der Waals surface area (Å²) in [7, 11) is 0. The summed E-state index contributed by atoms with van der Waals surface area (Å²) in [5.41, 5.74) is 1.80. The summed E-state index contributed by atoms with van der Waals surface area (Å²) in [5.74, 6) is 0.753. The fourth-order valence-corrected chi connectivity index (χ4v) is 3.41. The molecule has 0 radical (unpaired) electrons. The summed E-state index contributed by atoms with van der Waals surface area (Å²) >= 11 is 3.60. The number of ether oxygens (including phenoxy) is 2. The van der Waals surface area contributed by atoms with Crippen molar-refractivity contribution in [1.29, 1.82) is 0 Å². The number of aliphatic carboxylic acids is 1. The van der Waals surface area contributed by atoms with Crippen molar-refractivity contribution in [2.75, 3.05) is 13.2 Å². The van der Waals surface area contributed by atoms with E-state index < -0.39 is 5.97 Å². The Morgan fingerprint density at radius 3 is 2.74 bits per heavy atom. The van der Waals surface area contributed by atoms with E-state index in [9.17, 15) is 4.79 Å². The number of hydrogen-bond acceptors (Lipinski definition) is 3. The second-order valence-corrected chi connectivity index (χ2v) is 6.03. The van der Waals surface area contributed by atoms with Gasteiger partial charge in [0.25, 0.3) is 0 Å². The zero-order chi connectivity index (χ0) is 13.6. The summed E-state index contributed by atoms with van der Waals surface area (Å²) in [6, 6.07) is 1.95. The highest BCUT2D eigenvalue weighted by Gasteiger charge is 2.48. The lowest BCUT2D eigenvalue weighted by atomic mass is 9.90. The van der Waals surface area contributed by atoms with E-state index in [4.69, 9.17) is 14.6 Å². The molecule has 1 aromatic rings. The van der Waals surface area contributed by atoms with Crippen molar-refractivity contribution in [3.05, 3.63) is 21.7 Å². The Kier molecular flexibility index (Phi) is 2.96. The molecule has 0 bridgehead atoms. The Balaban J connectivity index is 2.07. The van der Waals surface area contributed by atoms with Crippen molar-refractivity contribution in [3.8, 4) is 11.5 Å². The van der Waals surface area contributed by atoms with Gasteiger partial charge >= 0.3 is 5.97 Å². The largest absolute Gasteiger partial charge is 0.486 e. The van der Waals surface area contributed by atoms with E-state index in [0.717, 1.165) is 39.9 Å². The minimum atomic E-state index is -0.753. The molecule has 1 saturated carbocycles. The van der Waals surface area contributed by atoms with Crippen LogP contribution in [0.5, 0.6) is 11.5 Å². The topological polar surface area (TPSA) is 55.8 Å². The lowest BCUT2D eigenvalue weighted by Gasteiger charge is -2.25. The molecule has 1 heterocycles. The number of fused-ring (bicyclic) bond motifs is 1. The van der Waals surface area contributed by atoms with Gasteiger partial charge in [0.05, 0.1) is 6.42 Å². The van der Waals surface area contributed by atoms with Crippen LogP contribution in [0.15, 0.2) is 10.5 Å². The van der Waals surface area contributed by atoms with Gasteiger partial charge in [0.2, 0.25) is 0 Å². The van der Waals surface area contributed by atoms with Crippen molar-refractivity contribution in [3.63, 3.8) is 0 Å². The van der Waals surface area contributed by atoms with Crippen molar-refractivity contribution in [2.45, 2.75) is 31.6 Å². The quantitative estimate of drug-likeness (QED) is 0.927. The Labute approximate surface area is 119 Å². The predicted molar refractivity (Wildman–Crippen MR) is 73.0 cm³/mol. The summed E-state index contributed by atoms with van der Waals surface area (Å²) in [5, 5.41) is 9.08. The predicted octanol–water partition coefficient (Wildman–Crippen LogP) is 3.04. The Morgan fingerprint density at radius 2 is 2.11 bits per heavy atom. The van der Waals surface area contributed by atoms with E-state index in [2.05, 4.69) is 15.9 Å². The smallest absolute Gasteiger partial charge is 0.304 e. The second kappa shape index (κ2) is 4.40. The molecule has 1 aliphatic carbocycles. The minimum absolute atomic E-state index is 0.171. The van der Waals surface area contributed by atoms with Gasteiger partial charge < -0.3 is 14.6 Å². The maximum absolute atomic E-state index is 11.0. The van der Waals surface area contributed by atoms with Crippen molar-refractivity contribution in [1.82, 2.24) is 0 Å². The SMILES string of the molecule is Cc1c(Br)c(C2(CC(=O)O)CC2)cc2c1OCCO2. The second-order valence-electron chi connectivity index (χ2n) is 5.24. The number of carboxylic acids is 1. The molecule has 0 amide bonds. The zero-order valence-electron chi connectivity index (χ0n) is 10.7. The fourth-order valence-electron chi connectivity index (χ4n) is 2.70. The normalized spacial score (nSPS) is 19.1. The molecule has 19 heavy (non-hydrogen) atoms. The maximum atomic E-state index is 11.0. The lowest BCUT2D eigenvalue weighted by molar-refractivity contribution is -0.137. The summed E-state index contributed by atoms with van der Waals surface area (Å²) in [6.07, 6.45) is 2.00. The summed E-state index contributed by atoms with van der Waals surface area (Å²) < 4.78 is 12.2. The van der Waals surface area contributed by atoms with E-state index in [-0.39, 0.29) is 11.8 Å². The third kappa shape index (κ3) is 2.10. The Bertz CT molecular complexity index is 549. The van der Waals surface area contributed by atoms with Crippen molar-refractivity contribution >= 4 is 21.9 Å². The van der Waals surface area contributed by atoms with Crippen LogP contribution in [0.3, 0.4) is 0 Å². The van der Waals surface area contributed by atoms with Crippen LogP contribution in [0.4, 0.5) is 0 Å². The highest BCUT2D eigenvalue weighted by atomic mass is 79.9. The minimum Gasteiger partial charge on any atom is -0.486 e. The van der Waals surface area contributed by atoms with Crippen LogP contribution in [0.1, 0.15) is 30.4 Å². The third-order valence-electron chi connectivity index (χ3n) is 3.91. The van der Waals surface area contributed by atoms with Crippen LogP contribution in [0, 0.1) is 6.92 Å². The molecule has 1 aromatic carbocycles. The number of carbonyl (C=O) groups is 1. The van der Waals surface area contributed by atoms with E-state index in [1.165, 1.54) is 0 Å². The lowest BCUT2D eigenvalue weighted by Crippen LogP contribution is -2.19. The number of benzene rings is 1. The maximum Gasteiger partial charge on any atom is 0.304 e. The monoisotopic (exact) mass is 326 g/mol. The highest BCUT2D eigenvalue weighted by molar-refractivity contribution is 9.10. The number of carboxylic acid groups (broad SMARTS) is 1. The molecule has 1 fully saturated rings. The summed E-state index contributed by atoms with van der Waals surface area (Å²) in [4.78, 5) is 11.0. The molecule has 5 heteroatoms. The van der Waals surface area contributed by atoms with Crippen LogP contribution < -0.4 is 9.47 Å². The van der Waals surface area contributed by atoms with Gasteiger partial charge in [-0.1, -0.05) is 15.9 Å². The van der Waals surface area contributed by atoms with E-state index in [1.54, 1.807) is 0 Å². The van der Waals surface area contributed by atoms with Crippen LogP contribution in [0.25, 0.3) is 0 Å². The van der Waals surface area contributed by atoms with Crippen LogP contribution in [0.2, 0.25) is 0 Å². The van der Waals surface area contributed by atoms with Gasteiger partial charge in [-0.25, -0.2) is 0 Å². The van der Waals surface area contributed by atoms with Crippen LogP contribution in [-0.2, 0) is 10.2 Å². The molecule has 0 saturated heterocycles. The number of hydrogen-bond donors (Lipinski definition) is 1. The first-order valence-electron chi connectivity index (χ1n) is 6.34. The highest BCUT2D eigenvalue weighted by Crippen LogP contribution is 2.56. The van der Waals surface area contributed by atoms with Gasteiger partial charge in [-0.2, -0.15) is 0 Å².